The van der Waals surface area contributed by atoms with Crippen molar-refractivity contribution in [3.05, 3.63) is 65.9 Å². The van der Waals surface area contributed by atoms with Gasteiger partial charge in [-0.1, -0.05) is 24.3 Å². The molecule has 1 N–H and O–H groups in total. The Morgan fingerprint density at radius 2 is 1.90 bits per heavy atom. The molecule has 1 unspecified atom stereocenters. The minimum Gasteiger partial charge on any atom is -0.486 e. The first-order chi connectivity index (χ1) is 14.2. The Bertz CT molecular complexity index is 1110. The Kier molecular flexibility index (Phi) is 4.48. The van der Waals surface area contributed by atoms with Crippen molar-refractivity contribution in [2.45, 2.75) is 19.5 Å². The molecule has 148 valence electrons. The Balaban J connectivity index is 1.37. The number of hydrogen-bond donors (Lipinski definition) is 1. The molecule has 2 aromatic heterocycles. The molecular formula is C23H23N3O3. The molecule has 0 saturated heterocycles. The second-order valence-electron chi connectivity index (χ2n) is 7.41. The first kappa shape index (κ1) is 17.8. The first-order valence-electron chi connectivity index (χ1n) is 9.80. The van der Waals surface area contributed by atoms with E-state index in [-0.39, 0.29) is 6.04 Å². The van der Waals surface area contributed by atoms with Crippen LogP contribution in [0.15, 0.2) is 59.1 Å². The number of fused-ring (bicyclic) bond motifs is 2. The molecule has 29 heavy (non-hydrogen) atoms. The summed E-state index contributed by atoms with van der Waals surface area (Å²) in [6, 6.07) is 16.4. The lowest BCUT2D eigenvalue weighted by Crippen LogP contribution is -2.22. The lowest BCUT2D eigenvalue weighted by atomic mass is 10.1. The SMILES string of the molecule is CC(c1ccc2c(c1)OCCO2)N(C)Cc1cn[nH]c1-c1cc2ccccc2o1. The molecule has 0 amide bonds. The maximum absolute atomic E-state index is 6.02. The third-order valence-corrected chi connectivity index (χ3v) is 5.52. The van der Waals surface area contributed by atoms with Gasteiger partial charge in [0.05, 0.1) is 6.20 Å². The fraction of sp³-hybridized carbons (Fsp3) is 0.261. The van der Waals surface area contributed by atoms with Crippen LogP contribution in [0.5, 0.6) is 11.5 Å². The van der Waals surface area contributed by atoms with E-state index in [1.807, 2.05) is 30.5 Å². The van der Waals surface area contributed by atoms with E-state index in [2.05, 4.69) is 53.3 Å². The fourth-order valence-electron chi connectivity index (χ4n) is 3.73. The first-order valence-corrected chi connectivity index (χ1v) is 9.80. The summed E-state index contributed by atoms with van der Waals surface area (Å²) in [5, 5.41) is 8.45. The van der Waals surface area contributed by atoms with Crippen LogP contribution >= 0.6 is 0 Å². The number of H-pyrrole nitrogens is 1. The smallest absolute Gasteiger partial charge is 0.161 e. The topological polar surface area (TPSA) is 63.5 Å². The number of rotatable bonds is 5. The van der Waals surface area contributed by atoms with Crippen molar-refractivity contribution >= 4 is 11.0 Å². The number of nitrogens with one attached hydrogen (secondary N) is 1. The molecule has 0 aliphatic carbocycles. The lowest BCUT2D eigenvalue weighted by Gasteiger charge is -2.26. The highest BCUT2D eigenvalue weighted by Crippen LogP contribution is 2.35. The molecule has 0 saturated carbocycles. The standard InChI is InChI=1S/C23H23N3O3/c1-15(16-7-8-20-21(11-16)28-10-9-27-20)26(2)14-18-13-24-25-23(18)22-12-17-5-3-4-6-19(17)29-22/h3-8,11-13,15H,9-10,14H2,1-2H3,(H,24,25). The van der Waals surface area contributed by atoms with Crippen LogP contribution in [0, 0.1) is 0 Å². The van der Waals surface area contributed by atoms with Crippen LogP contribution < -0.4 is 9.47 Å². The van der Waals surface area contributed by atoms with Crippen LogP contribution in [0.1, 0.15) is 24.1 Å². The van der Waals surface area contributed by atoms with Gasteiger partial charge in [-0.15, -0.1) is 0 Å². The van der Waals surface area contributed by atoms with Gasteiger partial charge < -0.3 is 13.9 Å². The number of nitrogens with zero attached hydrogens (tertiary/aromatic N) is 2. The fourth-order valence-corrected chi connectivity index (χ4v) is 3.73. The Morgan fingerprint density at radius 3 is 2.76 bits per heavy atom. The zero-order chi connectivity index (χ0) is 19.8. The van der Waals surface area contributed by atoms with E-state index in [0.717, 1.165) is 46.0 Å². The number of aromatic amines is 1. The summed E-state index contributed by atoms with van der Waals surface area (Å²) in [7, 11) is 2.11. The van der Waals surface area contributed by atoms with E-state index >= 15 is 0 Å². The van der Waals surface area contributed by atoms with Crippen LogP contribution in [0.4, 0.5) is 0 Å². The van der Waals surface area contributed by atoms with Crippen LogP contribution in [0.25, 0.3) is 22.4 Å². The van der Waals surface area contributed by atoms with Crippen molar-refractivity contribution in [1.82, 2.24) is 15.1 Å². The van der Waals surface area contributed by atoms with Crippen molar-refractivity contribution in [1.29, 1.82) is 0 Å². The molecule has 6 nitrogen and oxygen atoms in total. The average molecular weight is 389 g/mol. The van der Waals surface area contributed by atoms with E-state index in [1.165, 1.54) is 5.56 Å². The molecule has 3 heterocycles. The van der Waals surface area contributed by atoms with Gasteiger partial charge in [0.1, 0.15) is 24.5 Å². The average Bonchev–Trinajstić information content (AvgIpc) is 3.39. The van der Waals surface area contributed by atoms with Gasteiger partial charge in [0.15, 0.2) is 17.3 Å². The molecule has 1 aliphatic rings. The molecule has 5 rings (SSSR count). The van der Waals surface area contributed by atoms with E-state index in [0.29, 0.717) is 13.2 Å². The zero-order valence-electron chi connectivity index (χ0n) is 16.5. The largest absolute Gasteiger partial charge is 0.486 e. The Labute approximate surface area is 169 Å². The molecular weight excluding hydrogens is 366 g/mol. The number of hydrogen-bond acceptors (Lipinski definition) is 5. The molecule has 1 aliphatic heterocycles. The molecule has 4 aromatic rings. The summed E-state index contributed by atoms with van der Waals surface area (Å²) in [5.41, 5.74) is 4.07. The van der Waals surface area contributed by atoms with Gasteiger partial charge in [-0.2, -0.15) is 5.10 Å². The van der Waals surface area contributed by atoms with E-state index in [1.54, 1.807) is 0 Å². The van der Waals surface area contributed by atoms with Crippen molar-refractivity contribution in [3.63, 3.8) is 0 Å². The summed E-state index contributed by atoms with van der Waals surface area (Å²) in [4.78, 5) is 2.28. The minimum atomic E-state index is 0.198. The highest BCUT2D eigenvalue weighted by atomic mass is 16.6. The van der Waals surface area contributed by atoms with Crippen LogP contribution in [-0.2, 0) is 6.54 Å². The summed E-state index contributed by atoms with van der Waals surface area (Å²) in [5.74, 6) is 2.44. The third-order valence-electron chi connectivity index (χ3n) is 5.52. The van der Waals surface area contributed by atoms with Gasteiger partial charge in [0.25, 0.3) is 0 Å². The third kappa shape index (κ3) is 3.36. The summed E-state index contributed by atoms with van der Waals surface area (Å²) in [6.45, 7) is 4.12. The van der Waals surface area contributed by atoms with E-state index in [4.69, 9.17) is 13.9 Å². The molecule has 0 radical (unpaired) electrons. The summed E-state index contributed by atoms with van der Waals surface area (Å²) < 4.78 is 17.4. The Morgan fingerprint density at radius 1 is 1.07 bits per heavy atom. The maximum Gasteiger partial charge on any atom is 0.161 e. The quantitative estimate of drug-likeness (QED) is 0.532. The maximum atomic E-state index is 6.02. The Hall–Kier alpha value is -3.25. The zero-order valence-corrected chi connectivity index (χ0v) is 16.5. The van der Waals surface area contributed by atoms with E-state index < -0.39 is 0 Å². The minimum absolute atomic E-state index is 0.198. The summed E-state index contributed by atoms with van der Waals surface area (Å²) >= 11 is 0. The van der Waals surface area contributed by atoms with Gasteiger partial charge >= 0.3 is 0 Å². The molecule has 0 bridgehead atoms. The second kappa shape index (κ2) is 7.29. The highest BCUT2D eigenvalue weighted by molar-refractivity contribution is 5.82. The summed E-state index contributed by atoms with van der Waals surface area (Å²) in [6.07, 6.45) is 1.87. The molecule has 1 atom stereocenters. The van der Waals surface area contributed by atoms with Crippen LogP contribution in [0.2, 0.25) is 0 Å². The monoisotopic (exact) mass is 389 g/mol. The molecule has 2 aromatic carbocycles. The number of furan rings is 1. The van der Waals surface area contributed by atoms with Crippen molar-refractivity contribution in [2.24, 2.45) is 0 Å². The van der Waals surface area contributed by atoms with Crippen LogP contribution in [-0.4, -0.2) is 35.4 Å². The van der Waals surface area contributed by atoms with Crippen molar-refractivity contribution in [3.8, 4) is 23.0 Å². The predicted molar refractivity (Wildman–Crippen MR) is 111 cm³/mol. The molecule has 0 spiro atoms. The number of aromatic nitrogens is 2. The van der Waals surface area contributed by atoms with Gasteiger partial charge in [-0.25, -0.2) is 0 Å². The van der Waals surface area contributed by atoms with Gasteiger partial charge in [-0.3, -0.25) is 10.00 Å². The second-order valence-corrected chi connectivity index (χ2v) is 7.41. The van der Waals surface area contributed by atoms with Crippen LogP contribution in [0.3, 0.4) is 0 Å². The van der Waals surface area contributed by atoms with Crippen molar-refractivity contribution < 1.29 is 13.9 Å². The van der Waals surface area contributed by atoms with Gasteiger partial charge in [0.2, 0.25) is 0 Å². The predicted octanol–water partition coefficient (Wildman–Crippen LogP) is 4.79. The molecule has 6 heteroatoms. The van der Waals surface area contributed by atoms with Gasteiger partial charge in [-0.05, 0) is 43.8 Å². The normalized spacial score (nSPS) is 14.4. The van der Waals surface area contributed by atoms with Crippen molar-refractivity contribution in [2.75, 3.05) is 20.3 Å². The lowest BCUT2D eigenvalue weighted by molar-refractivity contribution is 0.170. The number of para-hydroxylation sites is 1. The highest BCUT2D eigenvalue weighted by Gasteiger charge is 2.20. The number of ether oxygens (including phenoxy) is 2. The molecule has 0 fully saturated rings. The number of benzene rings is 2. The van der Waals surface area contributed by atoms with Gasteiger partial charge in [0, 0.05) is 23.5 Å². The van der Waals surface area contributed by atoms with E-state index in [9.17, 15) is 0 Å².